The SMILES string of the molecule is Cc1ccc(N=C2S[C@H](CC(=O)Nc3ccc(F)cc3F)C(=O)N2C[C@@H]2CCCO2)c(C)c1. The Morgan fingerprint density at radius 1 is 1.24 bits per heavy atom. The van der Waals surface area contributed by atoms with Crippen molar-refractivity contribution in [1.29, 1.82) is 0 Å². The van der Waals surface area contributed by atoms with Gasteiger partial charge in [0.05, 0.1) is 24.0 Å². The molecule has 2 aliphatic heterocycles. The Bertz CT molecular complexity index is 1100. The molecule has 0 aliphatic carbocycles. The number of aryl methyl sites for hydroxylation is 2. The minimum absolute atomic E-state index is 0.0697. The Hall–Kier alpha value is -2.78. The molecule has 4 rings (SSSR count). The molecular formula is C24H25F2N3O3S. The van der Waals surface area contributed by atoms with Crippen molar-refractivity contribution in [2.75, 3.05) is 18.5 Å². The van der Waals surface area contributed by atoms with E-state index in [9.17, 15) is 18.4 Å². The average molecular weight is 474 g/mol. The van der Waals surface area contributed by atoms with E-state index in [0.717, 1.165) is 41.8 Å². The zero-order chi connectivity index (χ0) is 23.5. The highest BCUT2D eigenvalue weighted by Gasteiger charge is 2.40. The highest BCUT2D eigenvalue weighted by atomic mass is 32.2. The van der Waals surface area contributed by atoms with Gasteiger partial charge in [-0.15, -0.1) is 0 Å². The van der Waals surface area contributed by atoms with Crippen molar-refractivity contribution in [3.63, 3.8) is 0 Å². The van der Waals surface area contributed by atoms with Gasteiger partial charge in [-0.3, -0.25) is 14.5 Å². The number of amides is 2. The zero-order valence-electron chi connectivity index (χ0n) is 18.4. The lowest BCUT2D eigenvalue weighted by atomic mass is 10.1. The molecule has 2 aromatic rings. The standard InChI is InChI=1S/C24H25F2N3O3S/c1-14-5-7-19(15(2)10-14)28-24-29(13-17-4-3-9-32-17)23(31)21(33-24)12-22(30)27-20-8-6-16(25)11-18(20)26/h5-8,10-11,17,21H,3-4,9,12-13H2,1-2H3,(H,27,30)/t17-,21+/m0/s1. The van der Waals surface area contributed by atoms with Crippen molar-refractivity contribution >= 4 is 40.1 Å². The summed E-state index contributed by atoms with van der Waals surface area (Å²) in [6, 6.07) is 8.80. The van der Waals surface area contributed by atoms with E-state index in [-0.39, 0.29) is 24.1 Å². The van der Waals surface area contributed by atoms with Gasteiger partial charge in [0.1, 0.15) is 16.9 Å². The maximum atomic E-state index is 13.9. The van der Waals surface area contributed by atoms with E-state index < -0.39 is 22.8 Å². The van der Waals surface area contributed by atoms with Crippen molar-refractivity contribution in [2.24, 2.45) is 4.99 Å². The van der Waals surface area contributed by atoms with Gasteiger partial charge in [-0.05, 0) is 50.5 Å². The van der Waals surface area contributed by atoms with Crippen LogP contribution in [0.2, 0.25) is 0 Å². The van der Waals surface area contributed by atoms with Crippen LogP contribution in [0.3, 0.4) is 0 Å². The predicted octanol–water partition coefficient (Wildman–Crippen LogP) is 4.72. The topological polar surface area (TPSA) is 71.0 Å². The highest BCUT2D eigenvalue weighted by Crippen LogP contribution is 2.34. The first kappa shape index (κ1) is 23.4. The maximum absolute atomic E-state index is 13.9. The van der Waals surface area contributed by atoms with Crippen LogP contribution < -0.4 is 5.32 Å². The number of carbonyl (C=O) groups excluding carboxylic acids is 2. The smallest absolute Gasteiger partial charge is 0.242 e. The first-order chi connectivity index (χ1) is 15.8. The number of hydrogen-bond acceptors (Lipinski definition) is 5. The molecule has 0 saturated carbocycles. The summed E-state index contributed by atoms with van der Waals surface area (Å²) < 4.78 is 32.7. The molecule has 0 radical (unpaired) electrons. The van der Waals surface area contributed by atoms with E-state index in [1.807, 2.05) is 32.0 Å². The molecule has 2 aromatic carbocycles. The third kappa shape index (κ3) is 5.59. The second kappa shape index (κ2) is 10.0. The van der Waals surface area contributed by atoms with Gasteiger partial charge < -0.3 is 10.1 Å². The van der Waals surface area contributed by atoms with Crippen LogP contribution in [0, 0.1) is 25.5 Å². The fourth-order valence-corrected chi connectivity index (χ4v) is 5.04. The Morgan fingerprint density at radius 3 is 2.76 bits per heavy atom. The van der Waals surface area contributed by atoms with E-state index in [4.69, 9.17) is 9.73 Å². The number of hydrogen-bond donors (Lipinski definition) is 1. The van der Waals surface area contributed by atoms with Crippen molar-refractivity contribution in [3.05, 3.63) is 59.2 Å². The van der Waals surface area contributed by atoms with Crippen LogP contribution in [0.1, 0.15) is 30.4 Å². The second-order valence-electron chi connectivity index (χ2n) is 8.25. The van der Waals surface area contributed by atoms with Gasteiger partial charge >= 0.3 is 0 Å². The molecule has 2 atom stereocenters. The largest absolute Gasteiger partial charge is 0.376 e. The number of anilines is 1. The van der Waals surface area contributed by atoms with Gasteiger partial charge in [-0.2, -0.15) is 0 Å². The molecule has 2 aliphatic rings. The number of nitrogens with zero attached hydrogens (tertiary/aromatic N) is 2. The molecule has 2 heterocycles. The maximum Gasteiger partial charge on any atom is 0.242 e. The number of carbonyl (C=O) groups is 2. The van der Waals surface area contributed by atoms with Crippen LogP contribution in [0.25, 0.3) is 0 Å². The molecule has 2 fully saturated rings. The molecule has 0 aromatic heterocycles. The normalized spacial score (nSPS) is 21.8. The fraction of sp³-hybridized carbons (Fsp3) is 0.375. The summed E-state index contributed by atoms with van der Waals surface area (Å²) in [5.74, 6) is -2.36. The molecule has 0 unspecified atom stereocenters. The molecule has 9 heteroatoms. The van der Waals surface area contributed by atoms with Gasteiger partial charge in [-0.1, -0.05) is 29.5 Å². The van der Waals surface area contributed by atoms with Crippen LogP contribution in [-0.4, -0.2) is 46.4 Å². The fourth-order valence-electron chi connectivity index (χ4n) is 3.88. The lowest BCUT2D eigenvalue weighted by molar-refractivity contribution is -0.129. The van der Waals surface area contributed by atoms with E-state index in [2.05, 4.69) is 5.32 Å². The molecule has 6 nitrogen and oxygen atoms in total. The molecular weight excluding hydrogens is 448 g/mol. The third-order valence-corrected chi connectivity index (χ3v) is 6.75. The summed E-state index contributed by atoms with van der Waals surface area (Å²) in [4.78, 5) is 32.1. The average Bonchev–Trinajstić information content (AvgIpc) is 3.36. The van der Waals surface area contributed by atoms with E-state index in [1.54, 1.807) is 4.90 Å². The zero-order valence-corrected chi connectivity index (χ0v) is 19.3. The molecule has 2 amide bonds. The van der Waals surface area contributed by atoms with Crippen LogP contribution in [0.5, 0.6) is 0 Å². The van der Waals surface area contributed by atoms with Gasteiger partial charge in [0.25, 0.3) is 0 Å². The lowest BCUT2D eigenvalue weighted by Gasteiger charge is -2.20. The van der Waals surface area contributed by atoms with Crippen LogP contribution >= 0.6 is 11.8 Å². The minimum Gasteiger partial charge on any atom is -0.376 e. The third-order valence-electron chi connectivity index (χ3n) is 5.57. The Balaban J connectivity index is 1.53. The van der Waals surface area contributed by atoms with Crippen molar-refractivity contribution in [2.45, 2.75) is 44.5 Å². The first-order valence-corrected chi connectivity index (χ1v) is 11.7. The minimum atomic E-state index is -0.870. The summed E-state index contributed by atoms with van der Waals surface area (Å²) >= 11 is 1.22. The monoisotopic (exact) mass is 473 g/mol. The molecule has 33 heavy (non-hydrogen) atoms. The predicted molar refractivity (Wildman–Crippen MR) is 125 cm³/mol. The second-order valence-corrected chi connectivity index (χ2v) is 9.42. The van der Waals surface area contributed by atoms with Crippen LogP contribution in [-0.2, 0) is 14.3 Å². The molecule has 1 N–H and O–H groups in total. The number of rotatable bonds is 6. The number of benzene rings is 2. The van der Waals surface area contributed by atoms with Crippen molar-refractivity contribution < 1.29 is 23.1 Å². The number of thioether (sulfide) groups is 1. The van der Waals surface area contributed by atoms with Crippen LogP contribution in [0.15, 0.2) is 41.4 Å². The number of aliphatic imine (C=N–C) groups is 1. The molecule has 174 valence electrons. The summed E-state index contributed by atoms with van der Waals surface area (Å²) in [6.45, 7) is 5.00. The summed E-state index contributed by atoms with van der Waals surface area (Å²) in [5.41, 5.74) is 2.73. The molecule has 2 saturated heterocycles. The number of ether oxygens (including phenoxy) is 1. The van der Waals surface area contributed by atoms with Gasteiger partial charge in [-0.25, -0.2) is 13.8 Å². The summed E-state index contributed by atoms with van der Waals surface area (Å²) in [6.07, 6.45) is 1.58. The number of nitrogens with one attached hydrogen (secondary N) is 1. The van der Waals surface area contributed by atoms with Gasteiger partial charge in [0.15, 0.2) is 5.17 Å². The van der Waals surface area contributed by atoms with Crippen molar-refractivity contribution in [3.8, 4) is 0 Å². The number of halogens is 2. The number of amidine groups is 1. The van der Waals surface area contributed by atoms with Crippen molar-refractivity contribution in [1.82, 2.24) is 4.90 Å². The summed E-state index contributed by atoms with van der Waals surface area (Å²) in [5, 5.41) is 2.25. The van der Waals surface area contributed by atoms with E-state index >= 15 is 0 Å². The van der Waals surface area contributed by atoms with Gasteiger partial charge in [0.2, 0.25) is 11.8 Å². The molecule has 0 spiro atoms. The van der Waals surface area contributed by atoms with E-state index in [0.29, 0.717) is 24.4 Å². The quantitative estimate of drug-likeness (QED) is 0.659. The Labute approximate surface area is 195 Å². The lowest BCUT2D eigenvalue weighted by Crippen LogP contribution is -2.38. The Morgan fingerprint density at radius 2 is 2.06 bits per heavy atom. The molecule has 0 bridgehead atoms. The highest BCUT2D eigenvalue weighted by molar-refractivity contribution is 8.15. The first-order valence-electron chi connectivity index (χ1n) is 10.8. The summed E-state index contributed by atoms with van der Waals surface area (Å²) in [7, 11) is 0. The van der Waals surface area contributed by atoms with Gasteiger partial charge in [0, 0.05) is 19.1 Å². The Kier molecular flexibility index (Phi) is 7.09. The van der Waals surface area contributed by atoms with Crippen LogP contribution in [0.4, 0.5) is 20.2 Å². The van der Waals surface area contributed by atoms with E-state index in [1.165, 1.54) is 11.8 Å².